The Morgan fingerprint density at radius 3 is 2.07 bits per heavy atom. The number of benzene rings is 2. The van der Waals surface area contributed by atoms with E-state index in [9.17, 15) is 5.11 Å². The Morgan fingerprint density at radius 1 is 0.967 bits per heavy atom. The molecule has 2 aliphatic carbocycles. The fourth-order valence-electron chi connectivity index (χ4n) is 5.28. The van der Waals surface area contributed by atoms with Crippen molar-refractivity contribution < 1.29 is 9.53 Å². The van der Waals surface area contributed by atoms with Crippen molar-refractivity contribution in [3.8, 4) is 0 Å². The highest BCUT2D eigenvalue weighted by Crippen LogP contribution is 2.44. The highest BCUT2D eigenvalue weighted by atomic mass is 28.4. The smallest absolute Gasteiger partial charge is 0.319 e. The number of hydrogen-bond acceptors (Lipinski definition) is 2. The molecule has 0 unspecified atom stereocenters. The van der Waals surface area contributed by atoms with Crippen LogP contribution in [-0.2, 0) is 4.43 Å². The minimum atomic E-state index is -2.62. The Hall–Kier alpha value is -2.10. The molecule has 0 aromatic heterocycles. The van der Waals surface area contributed by atoms with Crippen molar-refractivity contribution in [2.45, 2.75) is 64.0 Å². The fourth-order valence-corrected chi connectivity index (χ4v) is 9.76. The Balaban J connectivity index is 1.83. The molecule has 1 saturated carbocycles. The summed E-state index contributed by atoms with van der Waals surface area (Å²) in [5.74, 6) is 1.08. The fraction of sp³-hybridized carbons (Fsp3) is 0.407. The molecule has 0 radical (unpaired) electrons. The zero-order chi connectivity index (χ0) is 21.4. The Morgan fingerprint density at radius 2 is 1.53 bits per heavy atom. The molecule has 2 aromatic carbocycles. The van der Waals surface area contributed by atoms with Crippen molar-refractivity contribution in [3.05, 3.63) is 84.1 Å². The van der Waals surface area contributed by atoms with E-state index >= 15 is 0 Å². The van der Waals surface area contributed by atoms with Crippen molar-refractivity contribution in [1.29, 1.82) is 0 Å². The van der Waals surface area contributed by atoms with Gasteiger partial charge in [-0.15, -0.1) is 0 Å². The molecule has 2 nitrogen and oxygen atoms in total. The van der Waals surface area contributed by atoms with Crippen molar-refractivity contribution in [2.75, 3.05) is 0 Å². The first-order chi connectivity index (χ1) is 14.2. The van der Waals surface area contributed by atoms with Gasteiger partial charge in [0, 0.05) is 12.3 Å². The maximum Gasteiger partial charge on any atom is 0.319 e. The minimum absolute atomic E-state index is 0.0599. The zero-order valence-corrected chi connectivity index (χ0v) is 19.7. The van der Waals surface area contributed by atoms with Gasteiger partial charge in [-0.25, -0.2) is 0 Å². The molecule has 0 amide bonds. The first-order valence-electron chi connectivity index (χ1n) is 11.2. The van der Waals surface area contributed by atoms with Gasteiger partial charge in [0.2, 0.25) is 0 Å². The van der Waals surface area contributed by atoms with E-state index in [1.807, 2.05) is 6.92 Å². The molecule has 2 atom stereocenters. The van der Waals surface area contributed by atoms with Gasteiger partial charge in [0.25, 0.3) is 0 Å². The van der Waals surface area contributed by atoms with Crippen LogP contribution in [-0.4, -0.2) is 19.0 Å². The van der Waals surface area contributed by atoms with Gasteiger partial charge >= 0.3 is 8.32 Å². The number of allylic oxidation sites excluding steroid dienone is 1. The summed E-state index contributed by atoms with van der Waals surface area (Å²) in [6.45, 7) is 8.90. The summed E-state index contributed by atoms with van der Waals surface area (Å²) in [6.07, 6.45) is 8.35. The lowest BCUT2D eigenvalue weighted by atomic mass is 9.71. The second kappa shape index (κ2) is 7.86. The molecule has 0 aliphatic heterocycles. The van der Waals surface area contributed by atoms with Crippen LogP contribution in [0.4, 0.5) is 0 Å². The average molecular weight is 419 g/mol. The number of rotatable bonds is 4. The molecule has 4 rings (SSSR count). The molecule has 30 heavy (non-hydrogen) atoms. The van der Waals surface area contributed by atoms with E-state index in [2.05, 4.69) is 93.6 Å². The van der Waals surface area contributed by atoms with E-state index in [4.69, 9.17) is 4.43 Å². The van der Waals surface area contributed by atoms with Crippen LogP contribution in [0.3, 0.4) is 0 Å². The first kappa shape index (κ1) is 21.1. The maximum absolute atomic E-state index is 11.1. The second-order valence-corrected chi connectivity index (χ2v) is 14.3. The van der Waals surface area contributed by atoms with Gasteiger partial charge in [0.15, 0.2) is 0 Å². The molecule has 0 heterocycles. The molecular formula is C27H34O2Si. The largest absolute Gasteiger partial charge is 0.537 e. The molecule has 2 aromatic rings. The zero-order valence-electron chi connectivity index (χ0n) is 18.7. The predicted octanol–water partition coefficient (Wildman–Crippen LogP) is 5.33. The molecule has 158 valence electrons. The SMILES string of the molecule is CC(C)(C)[Si](OC1=C[C@@H]2C(=CC1)CCC[C@@]2(C)O)(c1ccccc1)c1ccccc1. The topological polar surface area (TPSA) is 29.5 Å². The molecule has 2 aliphatic rings. The van der Waals surface area contributed by atoms with E-state index in [-0.39, 0.29) is 11.0 Å². The normalized spacial score (nSPS) is 24.5. The van der Waals surface area contributed by atoms with Crippen LogP contribution in [0, 0.1) is 5.92 Å². The molecular weight excluding hydrogens is 384 g/mol. The van der Waals surface area contributed by atoms with Gasteiger partial charge in [-0.3, -0.25) is 0 Å². The van der Waals surface area contributed by atoms with Crippen LogP contribution < -0.4 is 10.4 Å². The highest BCUT2D eigenvalue weighted by molar-refractivity contribution is 6.99. The van der Waals surface area contributed by atoms with Crippen LogP contribution in [0.15, 0.2) is 84.1 Å². The molecule has 0 bridgehead atoms. The van der Waals surface area contributed by atoms with E-state index in [0.717, 1.165) is 31.4 Å². The first-order valence-corrected chi connectivity index (χ1v) is 13.1. The summed E-state index contributed by atoms with van der Waals surface area (Å²) in [7, 11) is -2.62. The summed E-state index contributed by atoms with van der Waals surface area (Å²) in [5.41, 5.74) is 0.686. The summed E-state index contributed by atoms with van der Waals surface area (Å²) in [6, 6.07) is 21.5. The standard InChI is InChI=1S/C27H34O2Si/c1-26(2,3)30(23-13-7-5-8-14-23,24-15-9-6-10-16-24)29-22-18-17-21-12-11-19-27(4,28)25(21)20-22/h5-10,13-17,20,25,28H,11-12,18-19H2,1-4H3/t25-,27-/m1/s1. The highest BCUT2D eigenvalue weighted by Gasteiger charge is 2.52. The van der Waals surface area contributed by atoms with E-state index < -0.39 is 13.9 Å². The van der Waals surface area contributed by atoms with Crippen molar-refractivity contribution in [3.63, 3.8) is 0 Å². The van der Waals surface area contributed by atoms with E-state index in [0.29, 0.717) is 0 Å². The van der Waals surface area contributed by atoms with Gasteiger partial charge in [0.1, 0.15) is 0 Å². The molecule has 0 spiro atoms. The van der Waals surface area contributed by atoms with Gasteiger partial charge in [-0.2, -0.15) is 0 Å². The summed E-state index contributed by atoms with van der Waals surface area (Å²) >= 11 is 0. The third kappa shape index (κ3) is 3.70. The van der Waals surface area contributed by atoms with Gasteiger partial charge in [-0.1, -0.05) is 93.1 Å². The van der Waals surface area contributed by atoms with Crippen LogP contribution in [0.5, 0.6) is 0 Å². The maximum atomic E-state index is 11.1. The van der Waals surface area contributed by atoms with Gasteiger partial charge in [-0.05, 0) is 47.7 Å². The quantitative estimate of drug-likeness (QED) is 0.537. The van der Waals surface area contributed by atoms with E-state index in [1.165, 1.54) is 15.9 Å². The predicted molar refractivity (Wildman–Crippen MR) is 127 cm³/mol. The Labute approximate surface area is 182 Å². The number of aliphatic hydroxyl groups is 1. The number of hydrogen-bond donors (Lipinski definition) is 1. The van der Waals surface area contributed by atoms with Crippen LogP contribution in [0.1, 0.15) is 53.4 Å². The van der Waals surface area contributed by atoms with Gasteiger partial charge in [0.05, 0.1) is 11.4 Å². The van der Waals surface area contributed by atoms with Crippen LogP contribution >= 0.6 is 0 Å². The van der Waals surface area contributed by atoms with Crippen molar-refractivity contribution >= 4 is 18.7 Å². The second-order valence-electron chi connectivity index (χ2n) is 10.1. The molecule has 0 saturated heterocycles. The van der Waals surface area contributed by atoms with Crippen LogP contribution in [0.25, 0.3) is 0 Å². The molecule has 1 N–H and O–H groups in total. The minimum Gasteiger partial charge on any atom is -0.537 e. The summed E-state index contributed by atoms with van der Waals surface area (Å²) < 4.78 is 7.20. The van der Waals surface area contributed by atoms with Crippen molar-refractivity contribution in [2.24, 2.45) is 5.92 Å². The third-order valence-electron chi connectivity index (χ3n) is 6.84. The van der Waals surface area contributed by atoms with Gasteiger partial charge < -0.3 is 9.53 Å². The molecule has 3 heteroatoms. The Bertz CT molecular complexity index is 896. The third-order valence-corrected chi connectivity index (χ3v) is 11.8. The average Bonchev–Trinajstić information content (AvgIpc) is 2.72. The van der Waals surface area contributed by atoms with Crippen LogP contribution in [0.2, 0.25) is 5.04 Å². The monoisotopic (exact) mass is 418 g/mol. The lowest BCUT2D eigenvalue weighted by molar-refractivity contribution is 0.00631. The lowest BCUT2D eigenvalue weighted by Gasteiger charge is -2.45. The van der Waals surface area contributed by atoms with E-state index in [1.54, 1.807) is 0 Å². The Kier molecular flexibility index (Phi) is 5.54. The number of fused-ring (bicyclic) bond motifs is 1. The lowest BCUT2D eigenvalue weighted by Crippen LogP contribution is -2.66. The summed E-state index contributed by atoms with van der Waals surface area (Å²) in [5, 5.41) is 13.6. The van der Waals surface area contributed by atoms with Crippen molar-refractivity contribution in [1.82, 2.24) is 0 Å². The summed E-state index contributed by atoms with van der Waals surface area (Å²) in [4.78, 5) is 0. The molecule has 1 fully saturated rings.